The maximum atomic E-state index is 12.5. The van der Waals surface area contributed by atoms with Gasteiger partial charge in [0.05, 0.1) is 24.1 Å². The third kappa shape index (κ3) is 3.96. The van der Waals surface area contributed by atoms with Crippen LogP contribution < -0.4 is 9.64 Å². The van der Waals surface area contributed by atoms with Crippen LogP contribution in [0, 0.1) is 10.1 Å². The lowest BCUT2D eigenvalue weighted by Crippen LogP contribution is -2.79. The summed E-state index contributed by atoms with van der Waals surface area (Å²) in [6.45, 7) is 1.42. The summed E-state index contributed by atoms with van der Waals surface area (Å²) >= 11 is 0. The molecule has 1 N–H and O–H groups in total. The molecule has 2 atom stereocenters. The highest BCUT2D eigenvalue weighted by Crippen LogP contribution is 2.44. The molecule has 2 fully saturated rings. The van der Waals surface area contributed by atoms with Crippen molar-refractivity contribution < 1.29 is 27.9 Å². The van der Waals surface area contributed by atoms with Crippen LogP contribution in [0.1, 0.15) is 18.9 Å². The second kappa shape index (κ2) is 7.51. The monoisotopic (exact) mass is 389 g/mol. The molecule has 2 heterocycles. The standard InChI is InChI=1S/C17H22F3N3O4/c1-2-3-11-6-13(23(25)26)12(7-16(11)27-5-4-24)22-9-14-15(22)8-21(14)10-17(18,19)20/h6-7,14-15,24H,2-5,8-10H2,1H3/t14?,15-/m1/s1. The van der Waals surface area contributed by atoms with Crippen LogP contribution >= 0.6 is 0 Å². The largest absolute Gasteiger partial charge is 0.491 e. The van der Waals surface area contributed by atoms with Crippen molar-refractivity contribution in [3.63, 3.8) is 0 Å². The number of halogens is 3. The van der Waals surface area contributed by atoms with E-state index in [1.165, 1.54) is 11.0 Å². The van der Waals surface area contributed by atoms with Crippen LogP contribution in [0.5, 0.6) is 5.75 Å². The second-order valence-electron chi connectivity index (χ2n) is 6.86. The first-order chi connectivity index (χ1) is 12.7. The molecule has 2 saturated heterocycles. The van der Waals surface area contributed by atoms with Gasteiger partial charge in [-0.2, -0.15) is 13.2 Å². The van der Waals surface area contributed by atoms with Gasteiger partial charge in [-0.1, -0.05) is 13.3 Å². The van der Waals surface area contributed by atoms with E-state index in [0.717, 1.165) is 6.42 Å². The first kappa shape index (κ1) is 19.7. The van der Waals surface area contributed by atoms with Crippen molar-refractivity contribution in [2.75, 3.05) is 37.7 Å². The molecule has 7 nitrogen and oxygen atoms in total. The molecule has 0 aliphatic carbocycles. The highest BCUT2D eigenvalue weighted by molar-refractivity contribution is 5.70. The predicted octanol–water partition coefficient (Wildman–Crippen LogP) is 2.35. The number of fused-ring (bicyclic) bond motifs is 1. The zero-order chi connectivity index (χ0) is 19.8. The number of benzene rings is 1. The van der Waals surface area contributed by atoms with Gasteiger partial charge >= 0.3 is 6.18 Å². The number of piperazine rings is 1. The Morgan fingerprint density at radius 3 is 2.59 bits per heavy atom. The normalized spacial score (nSPS) is 22.0. The third-order valence-corrected chi connectivity index (χ3v) is 5.03. The Bertz CT molecular complexity index is 713. The molecule has 2 aliphatic rings. The molecule has 1 aromatic rings. The van der Waals surface area contributed by atoms with E-state index in [2.05, 4.69) is 0 Å². The van der Waals surface area contributed by atoms with E-state index in [-0.39, 0.29) is 37.5 Å². The summed E-state index contributed by atoms with van der Waals surface area (Å²) in [6.07, 6.45) is -2.88. The SMILES string of the molecule is CCCc1cc([N+](=O)[O-])c(N2CC3[C@H]2CN3CC(F)(F)F)cc1OCCO. The second-order valence-corrected chi connectivity index (χ2v) is 6.86. The van der Waals surface area contributed by atoms with E-state index in [4.69, 9.17) is 9.84 Å². The van der Waals surface area contributed by atoms with E-state index >= 15 is 0 Å². The Balaban J connectivity index is 1.82. The molecular weight excluding hydrogens is 367 g/mol. The van der Waals surface area contributed by atoms with E-state index in [0.29, 0.717) is 30.0 Å². The highest BCUT2D eigenvalue weighted by Gasteiger charge is 2.55. The van der Waals surface area contributed by atoms with Gasteiger partial charge in [0, 0.05) is 36.8 Å². The summed E-state index contributed by atoms with van der Waals surface area (Å²) in [5, 5.41) is 20.5. The Morgan fingerprint density at radius 1 is 1.33 bits per heavy atom. The number of likely N-dealkylation sites (tertiary alicyclic amines) is 1. The van der Waals surface area contributed by atoms with Gasteiger partial charge in [0.25, 0.3) is 5.69 Å². The fourth-order valence-electron chi connectivity index (χ4n) is 3.77. The van der Waals surface area contributed by atoms with Gasteiger partial charge in [-0.3, -0.25) is 15.0 Å². The zero-order valence-electron chi connectivity index (χ0n) is 14.9. The van der Waals surface area contributed by atoms with Gasteiger partial charge in [0.2, 0.25) is 0 Å². The molecule has 0 radical (unpaired) electrons. The number of aryl methyl sites for hydroxylation is 1. The first-order valence-electron chi connectivity index (χ1n) is 8.87. The summed E-state index contributed by atoms with van der Waals surface area (Å²) in [5.41, 5.74) is 0.981. The average molecular weight is 389 g/mol. The molecule has 1 aromatic carbocycles. The van der Waals surface area contributed by atoms with Gasteiger partial charge in [-0.15, -0.1) is 0 Å². The van der Waals surface area contributed by atoms with Crippen molar-refractivity contribution >= 4 is 11.4 Å². The quantitative estimate of drug-likeness (QED) is 0.543. The Morgan fingerprint density at radius 2 is 2.07 bits per heavy atom. The van der Waals surface area contributed by atoms with Crippen LogP contribution in [-0.2, 0) is 6.42 Å². The van der Waals surface area contributed by atoms with Crippen molar-refractivity contribution in [3.05, 3.63) is 27.8 Å². The zero-order valence-corrected chi connectivity index (χ0v) is 14.9. The number of hydrogen-bond acceptors (Lipinski definition) is 6. The molecule has 3 rings (SSSR count). The van der Waals surface area contributed by atoms with Gasteiger partial charge in [-0.25, -0.2) is 0 Å². The number of nitro benzene ring substituents is 1. The van der Waals surface area contributed by atoms with Crippen LogP contribution in [0.3, 0.4) is 0 Å². The third-order valence-electron chi connectivity index (χ3n) is 5.03. The van der Waals surface area contributed by atoms with E-state index in [1.807, 2.05) is 6.92 Å². The topological polar surface area (TPSA) is 79.1 Å². The van der Waals surface area contributed by atoms with Crippen molar-refractivity contribution in [2.24, 2.45) is 0 Å². The average Bonchev–Trinajstić information content (AvgIpc) is 2.57. The molecule has 27 heavy (non-hydrogen) atoms. The number of rotatable bonds is 8. The highest BCUT2D eigenvalue weighted by atomic mass is 19.4. The van der Waals surface area contributed by atoms with Gasteiger partial charge in [0.1, 0.15) is 18.0 Å². The van der Waals surface area contributed by atoms with Crippen molar-refractivity contribution in [1.29, 1.82) is 0 Å². The lowest BCUT2D eigenvalue weighted by atomic mass is 9.84. The number of anilines is 1. The minimum atomic E-state index is -4.25. The molecule has 0 amide bonds. The fourth-order valence-corrected chi connectivity index (χ4v) is 3.77. The fraction of sp³-hybridized carbons (Fsp3) is 0.647. The smallest absolute Gasteiger partial charge is 0.401 e. The van der Waals surface area contributed by atoms with Crippen molar-refractivity contribution in [2.45, 2.75) is 38.0 Å². The Hall–Kier alpha value is -2.07. The number of nitrogens with zero attached hydrogens (tertiary/aromatic N) is 3. The van der Waals surface area contributed by atoms with Crippen LogP contribution in [0.15, 0.2) is 12.1 Å². The maximum Gasteiger partial charge on any atom is 0.401 e. The summed E-state index contributed by atoms with van der Waals surface area (Å²) in [7, 11) is 0. The van der Waals surface area contributed by atoms with E-state index < -0.39 is 17.6 Å². The Kier molecular flexibility index (Phi) is 5.48. The van der Waals surface area contributed by atoms with E-state index in [9.17, 15) is 23.3 Å². The minimum absolute atomic E-state index is 0.0671. The summed E-state index contributed by atoms with van der Waals surface area (Å²) in [6, 6.07) is 2.67. The van der Waals surface area contributed by atoms with Gasteiger partial charge in [0.15, 0.2) is 0 Å². The predicted molar refractivity (Wildman–Crippen MR) is 92.2 cm³/mol. The molecule has 10 heteroatoms. The first-order valence-corrected chi connectivity index (χ1v) is 8.87. The number of hydrogen-bond donors (Lipinski definition) is 1. The number of ether oxygens (including phenoxy) is 1. The maximum absolute atomic E-state index is 12.5. The molecule has 0 aromatic heterocycles. The lowest BCUT2D eigenvalue weighted by Gasteiger charge is -2.62. The molecule has 2 aliphatic heterocycles. The van der Waals surface area contributed by atoms with Crippen molar-refractivity contribution in [3.8, 4) is 5.75 Å². The number of aliphatic hydroxyl groups excluding tert-OH is 1. The molecule has 1 unspecified atom stereocenters. The molecule has 0 bridgehead atoms. The van der Waals surface area contributed by atoms with Crippen LogP contribution in [-0.4, -0.2) is 66.0 Å². The van der Waals surface area contributed by atoms with Crippen LogP contribution in [0.2, 0.25) is 0 Å². The van der Waals surface area contributed by atoms with Crippen LogP contribution in [0.25, 0.3) is 0 Å². The molecule has 150 valence electrons. The summed E-state index contributed by atoms with van der Waals surface area (Å²) in [4.78, 5) is 14.2. The Labute approximate surface area is 154 Å². The molecule has 0 spiro atoms. The minimum Gasteiger partial charge on any atom is -0.491 e. The van der Waals surface area contributed by atoms with Crippen LogP contribution in [0.4, 0.5) is 24.5 Å². The van der Waals surface area contributed by atoms with E-state index in [1.54, 1.807) is 11.0 Å². The molecule has 0 saturated carbocycles. The lowest BCUT2D eigenvalue weighted by molar-refractivity contribution is -0.384. The number of aliphatic hydroxyl groups is 1. The van der Waals surface area contributed by atoms with Gasteiger partial charge in [-0.05, 0) is 6.42 Å². The number of nitro groups is 1. The van der Waals surface area contributed by atoms with Gasteiger partial charge < -0.3 is 14.7 Å². The summed E-state index contributed by atoms with van der Waals surface area (Å²) in [5.74, 6) is 0.474. The number of alkyl halides is 3. The summed E-state index contributed by atoms with van der Waals surface area (Å²) < 4.78 is 43.2. The van der Waals surface area contributed by atoms with Crippen molar-refractivity contribution in [1.82, 2.24) is 4.90 Å². The molecular formula is C17H22F3N3O4.